The molecule has 0 radical (unpaired) electrons. The molecule has 0 saturated heterocycles. The highest BCUT2D eigenvalue weighted by Crippen LogP contribution is 2.18. The van der Waals surface area contributed by atoms with Crippen LogP contribution in [-0.4, -0.2) is 18.0 Å². The van der Waals surface area contributed by atoms with Gasteiger partial charge in [0, 0.05) is 17.4 Å². The van der Waals surface area contributed by atoms with Crippen LogP contribution in [0.2, 0.25) is 0 Å². The van der Waals surface area contributed by atoms with Crippen molar-refractivity contribution in [3.05, 3.63) is 60.2 Å². The van der Waals surface area contributed by atoms with Gasteiger partial charge in [0.1, 0.15) is 0 Å². The molecule has 5 heteroatoms. The molecule has 1 aliphatic rings. The fourth-order valence-electron chi connectivity index (χ4n) is 3.09. The summed E-state index contributed by atoms with van der Waals surface area (Å²) in [5.74, 6) is -0.0845. The molecule has 5 nitrogen and oxygen atoms in total. The topological polar surface area (TPSA) is 70.2 Å². The number of para-hydroxylation sites is 1. The standard InChI is InChI=1S/C20H23N3O2/c24-19(21-16-8-2-1-3-9-16)14-15-7-6-12-18(13-15)23-20(25)22-17-10-4-5-11-17/h1-3,6-9,12-13,17H,4-5,10-11,14H2,(H,21,24)(H2,22,23,25). The number of carbonyl (C=O) groups is 2. The SMILES string of the molecule is O=C(Cc1cccc(NC(=O)NC2CCCC2)c1)Nc1ccccc1. The molecule has 0 aromatic heterocycles. The third-order valence-electron chi connectivity index (χ3n) is 4.30. The van der Waals surface area contributed by atoms with E-state index in [0.717, 1.165) is 24.1 Å². The summed E-state index contributed by atoms with van der Waals surface area (Å²) < 4.78 is 0. The fourth-order valence-corrected chi connectivity index (χ4v) is 3.09. The van der Waals surface area contributed by atoms with Gasteiger partial charge in [0.2, 0.25) is 5.91 Å². The van der Waals surface area contributed by atoms with Crippen molar-refractivity contribution in [2.24, 2.45) is 0 Å². The highest BCUT2D eigenvalue weighted by Gasteiger charge is 2.17. The molecule has 0 heterocycles. The van der Waals surface area contributed by atoms with Gasteiger partial charge in [-0.3, -0.25) is 4.79 Å². The first-order valence-corrected chi connectivity index (χ1v) is 8.70. The van der Waals surface area contributed by atoms with E-state index >= 15 is 0 Å². The van der Waals surface area contributed by atoms with E-state index in [1.54, 1.807) is 0 Å². The third-order valence-corrected chi connectivity index (χ3v) is 4.30. The van der Waals surface area contributed by atoms with Gasteiger partial charge in [-0.05, 0) is 42.7 Å². The predicted molar refractivity (Wildman–Crippen MR) is 99.6 cm³/mol. The maximum Gasteiger partial charge on any atom is 0.319 e. The zero-order valence-electron chi connectivity index (χ0n) is 14.1. The molecule has 2 aromatic carbocycles. The van der Waals surface area contributed by atoms with Crippen LogP contribution in [0.25, 0.3) is 0 Å². The van der Waals surface area contributed by atoms with Gasteiger partial charge in [-0.2, -0.15) is 0 Å². The normalized spacial score (nSPS) is 14.1. The van der Waals surface area contributed by atoms with Crippen molar-refractivity contribution in [2.45, 2.75) is 38.1 Å². The maximum atomic E-state index is 12.1. The highest BCUT2D eigenvalue weighted by atomic mass is 16.2. The average Bonchev–Trinajstić information content (AvgIpc) is 3.08. The summed E-state index contributed by atoms with van der Waals surface area (Å²) in [6.07, 6.45) is 4.71. The second-order valence-electron chi connectivity index (χ2n) is 6.37. The monoisotopic (exact) mass is 337 g/mol. The summed E-state index contributed by atoms with van der Waals surface area (Å²) in [4.78, 5) is 24.2. The molecule has 0 aliphatic heterocycles. The number of carbonyl (C=O) groups excluding carboxylic acids is 2. The number of hydrogen-bond acceptors (Lipinski definition) is 2. The lowest BCUT2D eigenvalue weighted by molar-refractivity contribution is -0.115. The Balaban J connectivity index is 1.53. The average molecular weight is 337 g/mol. The van der Waals surface area contributed by atoms with Crippen LogP contribution in [0, 0.1) is 0 Å². The summed E-state index contributed by atoms with van der Waals surface area (Å²) in [5.41, 5.74) is 2.32. The van der Waals surface area contributed by atoms with Crippen molar-refractivity contribution in [3.8, 4) is 0 Å². The minimum absolute atomic E-state index is 0.0845. The number of urea groups is 1. The van der Waals surface area contributed by atoms with Crippen LogP contribution in [0.4, 0.5) is 16.2 Å². The molecule has 130 valence electrons. The molecule has 0 atom stereocenters. The molecule has 0 spiro atoms. The summed E-state index contributed by atoms with van der Waals surface area (Å²) >= 11 is 0. The smallest absolute Gasteiger partial charge is 0.319 e. The van der Waals surface area contributed by atoms with E-state index in [4.69, 9.17) is 0 Å². The van der Waals surface area contributed by atoms with Crippen LogP contribution < -0.4 is 16.0 Å². The molecule has 1 aliphatic carbocycles. The third kappa shape index (κ3) is 5.35. The molecule has 2 aromatic rings. The summed E-state index contributed by atoms with van der Waals surface area (Å²) in [6.45, 7) is 0. The molecule has 0 unspecified atom stereocenters. The Labute approximate surface area is 147 Å². The number of benzene rings is 2. The first-order chi connectivity index (χ1) is 12.2. The molecule has 3 N–H and O–H groups in total. The second-order valence-corrected chi connectivity index (χ2v) is 6.37. The first-order valence-electron chi connectivity index (χ1n) is 8.70. The highest BCUT2D eigenvalue weighted by molar-refractivity contribution is 5.93. The van der Waals surface area contributed by atoms with Gasteiger partial charge in [-0.15, -0.1) is 0 Å². The molecule has 3 rings (SSSR count). The van der Waals surface area contributed by atoms with Gasteiger partial charge >= 0.3 is 6.03 Å². The first kappa shape index (κ1) is 17.0. The van der Waals surface area contributed by atoms with Crippen molar-refractivity contribution in [1.82, 2.24) is 5.32 Å². The number of hydrogen-bond donors (Lipinski definition) is 3. The summed E-state index contributed by atoms with van der Waals surface area (Å²) in [7, 11) is 0. The van der Waals surface area contributed by atoms with Crippen molar-refractivity contribution >= 4 is 23.3 Å². The van der Waals surface area contributed by atoms with Crippen LogP contribution in [-0.2, 0) is 11.2 Å². The molecule has 1 saturated carbocycles. The van der Waals surface area contributed by atoms with Crippen molar-refractivity contribution in [2.75, 3.05) is 10.6 Å². The molecule has 3 amide bonds. The Hall–Kier alpha value is -2.82. The van der Waals surface area contributed by atoms with Crippen LogP contribution in [0.3, 0.4) is 0 Å². The van der Waals surface area contributed by atoms with Crippen LogP contribution in [0.5, 0.6) is 0 Å². The number of amides is 3. The second kappa shape index (κ2) is 8.33. The maximum absolute atomic E-state index is 12.1. The molecule has 25 heavy (non-hydrogen) atoms. The van der Waals surface area contributed by atoms with Gasteiger partial charge in [-0.1, -0.05) is 43.2 Å². The van der Waals surface area contributed by atoms with E-state index in [9.17, 15) is 9.59 Å². The summed E-state index contributed by atoms with van der Waals surface area (Å²) in [5, 5.41) is 8.70. The van der Waals surface area contributed by atoms with Gasteiger partial charge in [0.15, 0.2) is 0 Å². The Bertz CT molecular complexity index is 725. The van der Waals surface area contributed by atoms with Crippen molar-refractivity contribution in [1.29, 1.82) is 0 Å². The lowest BCUT2D eigenvalue weighted by Gasteiger charge is -2.13. The minimum atomic E-state index is -0.183. The van der Waals surface area contributed by atoms with Crippen LogP contribution in [0.15, 0.2) is 54.6 Å². The Morgan fingerprint density at radius 3 is 2.36 bits per heavy atom. The Morgan fingerprint density at radius 1 is 0.880 bits per heavy atom. The van der Waals surface area contributed by atoms with E-state index in [1.165, 1.54) is 12.8 Å². The van der Waals surface area contributed by atoms with Gasteiger partial charge in [0.25, 0.3) is 0 Å². The lowest BCUT2D eigenvalue weighted by atomic mass is 10.1. The predicted octanol–water partition coefficient (Wildman–Crippen LogP) is 3.93. The van der Waals surface area contributed by atoms with E-state index in [-0.39, 0.29) is 24.4 Å². The van der Waals surface area contributed by atoms with Gasteiger partial charge in [0.05, 0.1) is 6.42 Å². The largest absolute Gasteiger partial charge is 0.335 e. The van der Waals surface area contributed by atoms with E-state index in [2.05, 4.69) is 16.0 Å². The van der Waals surface area contributed by atoms with Crippen LogP contribution in [0.1, 0.15) is 31.2 Å². The van der Waals surface area contributed by atoms with Gasteiger partial charge in [-0.25, -0.2) is 4.79 Å². The van der Waals surface area contributed by atoms with Crippen molar-refractivity contribution in [3.63, 3.8) is 0 Å². The molecule has 1 fully saturated rings. The van der Waals surface area contributed by atoms with Crippen LogP contribution >= 0.6 is 0 Å². The van der Waals surface area contributed by atoms with E-state index in [0.29, 0.717) is 5.69 Å². The fraction of sp³-hybridized carbons (Fsp3) is 0.300. The number of rotatable bonds is 5. The number of anilines is 2. The molecular weight excluding hydrogens is 314 g/mol. The minimum Gasteiger partial charge on any atom is -0.335 e. The molecular formula is C20H23N3O2. The van der Waals surface area contributed by atoms with Gasteiger partial charge < -0.3 is 16.0 Å². The summed E-state index contributed by atoms with van der Waals surface area (Å²) in [6, 6.07) is 16.8. The Kier molecular flexibility index (Phi) is 5.67. The van der Waals surface area contributed by atoms with Crippen molar-refractivity contribution < 1.29 is 9.59 Å². The Morgan fingerprint density at radius 2 is 1.60 bits per heavy atom. The van der Waals surface area contributed by atoms with E-state index in [1.807, 2.05) is 54.6 Å². The van der Waals surface area contributed by atoms with E-state index < -0.39 is 0 Å². The zero-order valence-corrected chi connectivity index (χ0v) is 14.1. The molecule has 0 bridgehead atoms. The quantitative estimate of drug-likeness (QED) is 0.773. The lowest BCUT2D eigenvalue weighted by Crippen LogP contribution is -2.36. The number of nitrogens with one attached hydrogen (secondary N) is 3. The zero-order chi connectivity index (χ0) is 17.5.